The van der Waals surface area contributed by atoms with Gasteiger partial charge in [0, 0.05) is 24.3 Å². The molecular weight excluding hydrogens is 323 g/mol. The SMILES string of the molecule is O=C(C1CCCC(C(F)(F)F)C1)N1CCC(CBr)C1. The van der Waals surface area contributed by atoms with Crippen LogP contribution in [0.15, 0.2) is 0 Å². The summed E-state index contributed by atoms with van der Waals surface area (Å²) in [5, 5.41) is 0.854. The van der Waals surface area contributed by atoms with Crippen molar-refractivity contribution in [2.24, 2.45) is 17.8 Å². The Balaban J connectivity index is 1.92. The lowest BCUT2D eigenvalue weighted by atomic mass is 9.80. The van der Waals surface area contributed by atoms with Crippen LogP contribution in [-0.2, 0) is 4.79 Å². The molecule has 6 heteroatoms. The molecule has 0 spiro atoms. The number of nitrogens with zero attached hydrogens (tertiary/aromatic N) is 1. The van der Waals surface area contributed by atoms with Crippen LogP contribution in [0.3, 0.4) is 0 Å². The normalized spacial score (nSPS) is 32.6. The number of halogens is 4. The van der Waals surface area contributed by atoms with Gasteiger partial charge in [-0.2, -0.15) is 13.2 Å². The molecule has 2 rings (SSSR count). The Morgan fingerprint density at radius 3 is 2.58 bits per heavy atom. The number of hydrogen-bond donors (Lipinski definition) is 0. The van der Waals surface area contributed by atoms with E-state index in [0.717, 1.165) is 11.8 Å². The molecule has 1 saturated heterocycles. The highest BCUT2D eigenvalue weighted by Gasteiger charge is 2.44. The quantitative estimate of drug-likeness (QED) is 0.703. The Bertz CT molecular complexity index is 334. The largest absolute Gasteiger partial charge is 0.391 e. The highest BCUT2D eigenvalue weighted by molar-refractivity contribution is 9.09. The molecule has 3 atom stereocenters. The van der Waals surface area contributed by atoms with E-state index in [9.17, 15) is 18.0 Å². The molecule has 110 valence electrons. The van der Waals surface area contributed by atoms with Crippen LogP contribution in [0.4, 0.5) is 13.2 Å². The number of amides is 1. The van der Waals surface area contributed by atoms with E-state index >= 15 is 0 Å². The summed E-state index contributed by atoms with van der Waals surface area (Å²) in [6.07, 6.45) is -1.92. The summed E-state index contributed by atoms with van der Waals surface area (Å²) in [5.74, 6) is -1.32. The molecular formula is C13H19BrF3NO. The van der Waals surface area contributed by atoms with Gasteiger partial charge >= 0.3 is 6.18 Å². The number of carbonyl (C=O) groups is 1. The fraction of sp³-hybridized carbons (Fsp3) is 0.923. The Labute approximate surface area is 119 Å². The van der Waals surface area contributed by atoms with Gasteiger partial charge in [0.05, 0.1) is 5.92 Å². The van der Waals surface area contributed by atoms with E-state index in [0.29, 0.717) is 31.8 Å². The summed E-state index contributed by atoms with van der Waals surface area (Å²) in [5.41, 5.74) is 0. The second kappa shape index (κ2) is 6.02. The molecule has 1 heterocycles. The lowest BCUT2D eigenvalue weighted by Gasteiger charge is -2.32. The molecule has 0 bridgehead atoms. The van der Waals surface area contributed by atoms with Crippen molar-refractivity contribution in [3.05, 3.63) is 0 Å². The van der Waals surface area contributed by atoms with Gasteiger partial charge in [-0.25, -0.2) is 0 Å². The van der Waals surface area contributed by atoms with Crippen LogP contribution in [0.2, 0.25) is 0 Å². The van der Waals surface area contributed by atoms with Gasteiger partial charge in [-0.3, -0.25) is 4.79 Å². The van der Waals surface area contributed by atoms with E-state index < -0.39 is 18.0 Å². The maximum atomic E-state index is 12.7. The van der Waals surface area contributed by atoms with Gasteiger partial charge in [0.2, 0.25) is 5.91 Å². The van der Waals surface area contributed by atoms with Gasteiger partial charge < -0.3 is 4.90 Å². The van der Waals surface area contributed by atoms with E-state index in [1.54, 1.807) is 4.90 Å². The van der Waals surface area contributed by atoms with Gasteiger partial charge in [0.1, 0.15) is 0 Å². The molecule has 0 aromatic rings. The van der Waals surface area contributed by atoms with Gasteiger partial charge in [0.15, 0.2) is 0 Å². The maximum absolute atomic E-state index is 12.7. The Hall–Kier alpha value is -0.260. The summed E-state index contributed by atoms with van der Waals surface area (Å²) < 4.78 is 38.2. The van der Waals surface area contributed by atoms with E-state index in [1.807, 2.05) is 0 Å². The maximum Gasteiger partial charge on any atom is 0.391 e. The first-order valence-corrected chi connectivity index (χ1v) is 7.95. The van der Waals surface area contributed by atoms with E-state index in [-0.39, 0.29) is 18.7 Å². The molecule has 0 radical (unpaired) electrons. The molecule has 19 heavy (non-hydrogen) atoms. The zero-order valence-electron chi connectivity index (χ0n) is 10.8. The standard InChI is InChI=1S/C13H19BrF3NO/c14-7-9-4-5-18(8-9)12(19)10-2-1-3-11(6-10)13(15,16)17/h9-11H,1-8H2. The molecule has 2 aliphatic rings. The minimum Gasteiger partial charge on any atom is -0.342 e. The van der Waals surface area contributed by atoms with Crippen molar-refractivity contribution in [3.63, 3.8) is 0 Å². The highest BCUT2D eigenvalue weighted by atomic mass is 79.9. The van der Waals surface area contributed by atoms with Crippen LogP contribution in [0, 0.1) is 17.8 Å². The zero-order chi connectivity index (χ0) is 14.0. The van der Waals surface area contributed by atoms with Crippen molar-refractivity contribution in [2.45, 2.75) is 38.3 Å². The summed E-state index contributed by atoms with van der Waals surface area (Å²) >= 11 is 3.40. The molecule has 2 nitrogen and oxygen atoms in total. The Morgan fingerprint density at radius 2 is 2.00 bits per heavy atom. The molecule has 1 aliphatic carbocycles. The predicted octanol–water partition coefficient (Wildman–Crippen LogP) is 3.60. The fourth-order valence-electron chi connectivity index (χ4n) is 3.13. The Morgan fingerprint density at radius 1 is 1.26 bits per heavy atom. The van der Waals surface area contributed by atoms with Gasteiger partial charge in [-0.15, -0.1) is 0 Å². The zero-order valence-corrected chi connectivity index (χ0v) is 12.3. The number of hydrogen-bond acceptors (Lipinski definition) is 1. The third-order valence-corrected chi connectivity index (χ3v) is 5.22. The smallest absolute Gasteiger partial charge is 0.342 e. The topological polar surface area (TPSA) is 20.3 Å². The molecule has 3 unspecified atom stereocenters. The average molecular weight is 342 g/mol. The summed E-state index contributed by atoms with van der Waals surface area (Å²) in [7, 11) is 0. The third kappa shape index (κ3) is 3.64. The number of carbonyl (C=O) groups excluding carboxylic acids is 1. The summed E-state index contributed by atoms with van der Waals surface area (Å²) in [6.45, 7) is 1.39. The number of rotatable bonds is 2. The first kappa shape index (κ1) is 15.1. The molecule has 0 aromatic heterocycles. The molecule has 0 aromatic carbocycles. The van der Waals surface area contributed by atoms with E-state index in [1.165, 1.54) is 0 Å². The molecule has 2 fully saturated rings. The van der Waals surface area contributed by atoms with Crippen LogP contribution >= 0.6 is 15.9 Å². The number of alkyl halides is 4. The van der Waals surface area contributed by atoms with Crippen molar-refractivity contribution in [1.82, 2.24) is 4.90 Å². The fourth-order valence-corrected chi connectivity index (χ4v) is 3.66. The Kier molecular flexibility index (Phi) is 4.79. The van der Waals surface area contributed by atoms with Crippen LogP contribution in [0.25, 0.3) is 0 Å². The van der Waals surface area contributed by atoms with E-state index in [4.69, 9.17) is 0 Å². The van der Waals surface area contributed by atoms with E-state index in [2.05, 4.69) is 15.9 Å². The number of likely N-dealkylation sites (tertiary alicyclic amines) is 1. The van der Waals surface area contributed by atoms with Crippen molar-refractivity contribution in [2.75, 3.05) is 18.4 Å². The summed E-state index contributed by atoms with van der Waals surface area (Å²) in [6, 6.07) is 0. The molecule has 1 saturated carbocycles. The molecule has 1 aliphatic heterocycles. The van der Waals surface area contributed by atoms with Crippen LogP contribution in [0.1, 0.15) is 32.1 Å². The van der Waals surface area contributed by atoms with Crippen molar-refractivity contribution >= 4 is 21.8 Å². The monoisotopic (exact) mass is 341 g/mol. The van der Waals surface area contributed by atoms with Gasteiger partial charge in [-0.1, -0.05) is 22.4 Å². The minimum atomic E-state index is -4.15. The molecule has 1 amide bonds. The van der Waals surface area contributed by atoms with Crippen molar-refractivity contribution in [1.29, 1.82) is 0 Å². The van der Waals surface area contributed by atoms with Crippen LogP contribution < -0.4 is 0 Å². The lowest BCUT2D eigenvalue weighted by molar-refractivity contribution is -0.187. The van der Waals surface area contributed by atoms with Crippen LogP contribution in [-0.4, -0.2) is 35.4 Å². The third-order valence-electron chi connectivity index (χ3n) is 4.30. The van der Waals surface area contributed by atoms with Gasteiger partial charge in [-0.05, 0) is 31.6 Å². The predicted molar refractivity (Wildman–Crippen MR) is 70.0 cm³/mol. The first-order valence-electron chi connectivity index (χ1n) is 6.83. The van der Waals surface area contributed by atoms with Gasteiger partial charge in [0.25, 0.3) is 0 Å². The summed E-state index contributed by atoms with van der Waals surface area (Å²) in [4.78, 5) is 14.0. The second-order valence-corrected chi connectivity index (χ2v) is 6.34. The lowest BCUT2D eigenvalue weighted by Crippen LogP contribution is -2.39. The first-order chi connectivity index (χ1) is 8.91. The van der Waals surface area contributed by atoms with Crippen molar-refractivity contribution in [3.8, 4) is 0 Å². The molecule has 0 N–H and O–H groups in total. The highest BCUT2D eigenvalue weighted by Crippen LogP contribution is 2.40. The van der Waals surface area contributed by atoms with Crippen LogP contribution in [0.5, 0.6) is 0 Å². The second-order valence-electron chi connectivity index (χ2n) is 5.70. The minimum absolute atomic E-state index is 0.0161. The van der Waals surface area contributed by atoms with Crippen molar-refractivity contribution < 1.29 is 18.0 Å². The average Bonchev–Trinajstić information content (AvgIpc) is 2.86.